The van der Waals surface area contributed by atoms with Crippen LogP contribution in [0, 0.1) is 12.7 Å². The molecule has 0 fully saturated rings. The molecule has 7 nitrogen and oxygen atoms in total. The van der Waals surface area contributed by atoms with Gasteiger partial charge in [0.2, 0.25) is 0 Å². The molecule has 1 aliphatic heterocycles. The summed E-state index contributed by atoms with van der Waals surface area (Å²) in [5, 5.41) is 0.636. The number of rotatable bonds is 2. The van der Waals surface area contributed by atoms with Gasteiger partial charge in [0.15, 0.2) is 0 Å². The molecule has 0 saturated carbocycles. The van der Waals surface area contributed by atoms with Crippen LogP contribution in [0.15, 0.2) is 46.2 Å². The summed E-state index contributed by atoms with van der Waals surface area (Å²) >= 11 is -0.296. The molecule has 1 atom stereocenters. The van der Waals surface area contributed by atoms with Gasteiger partial charge in [-0.3, -0.25) is 0 Å². The Balaban J connectivity index is 1.91. The van der Waals surface area contributed by atoms with Crippen molar-refractivity contribution in [3.8, 4) is 5.69 Å². The van der Waals surface area contributed by atoms with E-state index in [0.717, 1.165) is 14.1 Å². The monoisotopic (exact) mass is 482 g/mol. The minimum atomic E-state index is -3.74. The number of sulfonamides is 1. The quantitative estimate of drug-likeness (QED) is 0.558. The van der Waals surface area contributed by atoms with Gasteiger partial charge >= 0.3 is 173 Å². The van der Waals surface area contributed by atoms with Crippen LogP contribution >= 0.6 is 0 Å². The van der Waals surface area contributed by atoms with Gasteiger partial charge in [-0.15, -0.1) is 0 Å². The van der Waals surface area contributed by atoms with Crippen molar-refractivity contribution in [2.24, 2.45) is 10.7 Å². The Morgan fingerprint density at radius 3 is 2.66 bits per heavy atom. The van der Waals surface area contributed by atoms with E-state index in [1.165, 1.54) is 32.2 Å². The number of aryl methyl sites for hydroxylation is 1. The van der Waals surface area contributed by atoms with Crippen molar-refractivity contribution < 1.29 is 12.8 Å². The average molecular weight is 481 g/mol. The van der Waals surface area contributed by atoms with Gasteiger partial charge in [0, 0.05) is 0 Å². The van der Waals surface area contributed by atoms with Crippen molar-refractivity contribution in [2.45, 2.75) is 19.4 Å². The van der Waals surface area contributed by atoms with Crippen LogP contribution in [0.2, 0.25) is 0 Å². The second-order valence-corrected chi connectivity index (χ2v) is 11.4. The van der Waals surface area contributed by atoms with Crippen molar-refractivity contribution in [1.82, 2.24) is 7.87 Å². The molecule has 2 N–H and O–H groups in total. The number of nitrogens with zero attached hydrogens (tertiary/aromatic N) is 3. The normalized spacial score (nSPS) is 21.4. The standard InChI is InChI=1S/C19H19FN4O3SSe/c1-11-4-6-13-16(8-11)29-24(17(13)25)12-5-7-15(20)14(9-12)19(2)10-28(26,27)23(3)18(21)22-19/h4-9H,10H2,1-3H3,(H2,21,22)/t19-/m0/s1. The summed E-state index contributed by atoms with van der Waals surface area (Å²) in [5.41, 5.74) is 5.90. The molecule has 0 radical (unpaired) electrons. The number of halogens is 1. The van der Waals surface area contributed by atoms with E-state index >= 15 is 0 Å². The fourth-order valence-corrected chi connectivity index (χ4v) is 7.18. The fourth-order valence-electron chi connectivity index (χ4n) is 3.44. The zero-order chi connectivity index (χ0) is 21.1. The number of nitrogens with two attached hydrogens (primary N) is 1. The molecule has 0 bridgehead atoms. The van der Waals surface area contributed by atoms with Gasteiger partial charge in [0.05, 0.1) is 0 Å². The molecule has 0 aliphatic carbocycles. The molecule has 152 valence electrons. The summed E-state index contributed by atoms with van der Waals surface area (Å²) in [6, 6.07) is 9.93. The Hall–Kier alpha value is -2.42. The summed E-state index contributed by atoms with van der Waals surface area (Å²) in [4.78, 5) is 17.1. The van der Waals surface area contributed by atoms with Crippen LogP contribution < -0.4 is 11.3 Å². The van der Waals surface area contributed by atoms with Crippen molar-refractivity contribution >= 4 is 40.4 Å². The Labute approximate surface area is 173 Å². The SMILES string of the molecule is Cc1ccc2c(=O)n(-c3ccc(F)c([C@]4(C)CS(=O)(=O)N(C)C(N)=N4)c3)[se]c2c1. The molecule has 4 rings (SSSR count). The number of fused-ring (bicyclic) bond motifs is 1. The van der Waals surface area contributed by atoms with Crippen LogP contribution in [0.1, 0.15) is 18.1 Å². The van der Waals surface area contributed by atoms with Crippen LogP contribution in [0.3, 0.4) is 0 Å². The summed E-state index contributed by atoms with van der Waals surface area (Å²) in [5.74, 6) is -1.22. The maximum absolute atomic E-state index is 14.8. The molecule has 1 aromatic heterocycles. The average Bonchev–Trinajstić information content (AvgIpc) is 2.95. The molecule has 2 aromatic carbocycles. The Morgan fingerprint density at radius 2 is 1.97 bits per heavy atom. The van der Waals surface area contributed by atoms with Crippen molar-refractivity contribution in [3.05, 3.63) is 63.7 Å². The van der Waals surface area contributed by atoms with Gasteiger partial charge in [0.1, 0.15) is 0 Å². The van der Waals surface area contributed by atoms with Gasteiger partial charge in [0.25, 0.3) is 0 Å². The number of hydrogen-bond donors (Lipinski definition) is 1. The third-order valence-electron chi connectivity index (χ3n) is 5.07. The van der Waals surface area contributed by atoms with Crippen LogP contribution in [0.4, 0.5) is 4.39 Å². The molecule has 0 amide bonds. The van der Waals surface area contributed by atoms with Crippen LogP contribution in [0.5, 0.6) is 0 Å². The van der Waals surface area contributed by atoms with E-state index in [1.54, 1.807) is 9.63 Å². The van der Waals surface area contributed by atoms with Crippen LogP contribution in [-0.4, -0.2) is 49.8 Å². The van der Waals surface area contributed by atoms with Gasteiger partial charge < -0.3 is 0 Å². The third-order valence-corrected chi connectivity index (χ3v) is 9.31. The molecular weight excluding hydrogens is 462 g/mol. The first kappa shape index (κ1) is 19.9. The molecule has 1 aliphatic rings. The van der Waals surface area contributed by atoms with E-state index in [1.807, 2.05) is 19.1 Å². The van der Waals surface area contributed by atoms with Gasteiger partial charge in [-0.2, -0.15) is 0 Å². The molecular formula is C19H19FN4O3SSe. The van der Waals surface area contributed by atoms with E-state index in [2.05, 4.69) is 4.99 Å². The topological polar surface area (TPSA) is 97.8 Å². The van der Waals surface area contributed by atoms with Gasteiger partial charge in [-0.1, -0.05) is 0 Å². The number of guanidine groups is 1. The predicted molar refractivity (Wildman–Crippen MR) is 112 cm³/mol. The van der Waals surface area contributed by atoms with Gasteiger partial charge in [-0.25, -0.2) is 0 Å². The Bertz CT molecular complexity index is 1350. The first-order chi connectivity index (χ1) is 13.5. The van der Waals surface area contributed by atoms with E-state index in [9.17, 15) is 17.6 Å². The van der Waals surface area contributed by atoms with Crippen molar-refractivity contribution in [3.63, 3.8) is 0 Å². The Morgan fingerprint density at radius 1 is 1.24 bits per heavy atom. The second-order valence-electron chi connectivity index (χ2n) is 7.32. The number of aromatic nitrogens is 1. The minimum absolute atomic E-state index is 0.0883. The van der Waals surface area contributed by atoms with Crippen LogP contribution in [0.25, 0.3) is 15.3 Å². The molecule has 10 heteroatoms. The van der Waals surface area contributed by atoms with Crippen LogP contribution in [-0.2, 0) is 15.6 Å². The van der Waals surface area contributed by atoms with Crippen molar-refractivity contribution in [1.29, 1.82) is 0 Å². The zero-order valence-electron chi connectivity index (χ0n) is 16.0. The molecule has 29 heavy (non-hydrogen) atoms. The number of aliphatic imine (C=N–C) groups is 1. The summed E-state index contributed by atoms with van der Waals surface area (Å²) in [6.45, 7) is 3.49. The molecule has 0 unspecified atom stereocenters. The Kier molecular flexibility index (Phi) is 4.49. The van der Waals surface area contributed by atoms with E-state index in [-0.39, 0.29) is 31.8 Å². The van der Waals surface area contributed by atoms with E-state index < -0.39 is 27.1 Å². The maximum atomic E-state index is 14.8. The molecule has 0 spiro atoms. The number of hydrogen-bond acceptors (Lipinski definition) is 5. The first-order valence-electron chi connectivity index (χ1n) is 8.77. The molecule has 0 saturated heterocycles. The number of benzene rings is 2. The fraction of sp³-hybridized carbons (Fsp3) is 0.263. The summed E-state index contributed by atoms with van der Waals surface area (Å²) < 4.78 is 43.1. The van der Waals surface area contributed by atoms with E-state index in [0.29, 0.717) is 11.1 Å². The molecule has 3 aromatic rings. The van der Waals surface area contributed by atoms with Crippen molar-refractivity contribution in [2.75, 3.05) is 12.8 Å². The predicted octanol–water partition coefficient (Wildman–Crippen LogP) is 1.30. The summed E-state index contributed by atoms with van der Waals surface area (Å²) in [6.07, 6.45) is 0. The van der Waals surface area contributed by atoms with E-state index in [4.69, 9.17) is 5.73 Å². The first-order valence-corrected chi connectivity index (χ1v) is 12.0. The van der Waals surface area contributed by atoms with Gasteiger partial charge in [-0.05, 0) is 0 Å². The second kappa shape index (κ2) is 6.55. The zero-order valence-corrected chi connectivity index (χ0v) is 18.5. The summed E-state index contributed by atoms with van der Waals surface area (Å²) in [7, 11) is -2.43. The third kappa shape index (κ3) is 3.21. The molecule has 2 heterocycles.